The third kappa shape index (κ3) is 5.02. The molecule has 0 saturated carbocycles. The fourth-order valence-corrected chi connectivity index (χ4v) is 5.44. The summed E-state index contributed by atoms with van der Waals surface area (Å²) in [7, 11) is -0.587. The van der Waals surface area contributed by atoms with Crippen LogP contribution in [0.1, 0.15) is 31.2 Å². The largest absolute Gasteiger partial charge is 0.497 e. The highest BCUT2D eigenvalue weighted by Crippen LogP contribution is 2.41. The Balaban J connectivity index is 1.96. The third-order valence-corrected chi connectivity index (χ3v) is 7.52. The van der Waals surface area contributed by atoms with Crippen LogP contribution in [0.4, 0.5) is 0 Å². The molecule has 168 valence electrons. The molecule has 2 atom stereocenters. The second kappa shape index (κ2) is 10.2. The van der Waals surface area contributed by atoms with Crippen molar-refractivity contribution >= 4 is 15.9 Å². The van der Waals surface area contributed by atoms with Gasteiger partial charge in [-0.1, -0.05) is 37.6 Å². The smallest absolute Gasteiger partial charge is 0.243 e. The van der Waals surface area contributed by atoms with Crippen molar-refractivity contribution < 1.29 is 22.7 Å². The van der Waals surface area contributed by atoms with Gasteiger partial charge in [0.25, 0.3) is 0 Å². The second-order valence-corrected chi connectivity index (χ2v) is 9.54. The molecule has 0 spiro atoms. The van der Waals surface area contributed by atoms with E-state index in [0.29, 0.717) is 18.0 Å². The maximum absolute atomic E-state index is 13.2. The minimum atomic E-state index is -3.72. The molecule has 0 aliphatic carbocycles. The fourth-order valence-electron chi connectivity index (χ4n) is 3.93. The van der Waals surface area contributed by atoms with Crippen LogP contribution in [0.15, 0.2) is 53.4 Å². The second-order valence-electron chi connectivity index (χ2n) is 7.60. The van der Waals surface area contributed by atoms with E-state index in [1.54, 1.807) is 56.7 Å². The zero-order chi connectivity index (χ0) is 22.4. The monoisotopic (exact) mass is 446 g/mol. The summed E-state index contributed by atoms with van der Waals surface area (Å²) >= 11 is 0. The minimum absolute atomic E-state index is 0.120. The van der Waals surface area contributed by atoms with Crippen molar-refractivity contribution in [2.75, 3.05) is 33.9 Å². The summed E-state index contributed by atoms with van der Waals surface area (Å²) in [6, 6.07) is 13.7. The molecular weight excluding hydrogens is 416 g/mol. The lowest BCUT2D eigenvalue weighted by molar-refractivity contribution is -0.124. The zero-order valence-corrected chi connectivity index (χ0v) is 19.0. The number of nitrogens with one attached hydrogen (secondary N) is 1. The molecule has 1 heterocycles. The van der Waals surface area contributed by atoms with Gasteiger partial charge in [-0.15, -0.1) is 0 Å². The lowest BCUT2D eigenvalue weighted by Gasteiger charge is -2.21. The third-order valence-electron chi connectivity index (χ3n) is 5.67. The van der Waals surface area contributed by atoms with Gasteiger partial charge in [-0.05, 0) is 30.2 Å². The Labute approximate surface area is 184 Å². The van der Waals surface area contributed by atoms with Gasteiger partial charge < -0.3 is 14.8 Å². The van der Waals surface area contributed by atoms with E-state index in [-0.39, 0.29) is 29.8 Å². The summed E-state index contributed by atoms with van der Waals surface area (Å²) in [6.45, 7) is 2.95. The molecule has 0 radical (unpaired) electrons. The number of hydrogen-bond donors (Lipinski definition) is 1. The normalized spacial score (nSPS) is 19.2. The summed E-state index contributed by atoms with van der Waals surface area (Å²) in [4.78, 5) is 13.3. The highest BCUT2D eigenvalue weighted by molar-refractivity contribution is 7.89. The Hall–Kier alpha value is -2.58. The molecule has 0 aromatic heterocycles. The van der Waals surface area contributed by atoms with Crippen molar-refractivity contribution in [2.24, 2.45) is 5.92 Å². The maximum Gasteiger partial charge on any atom is 0.243 e. The molecular formula is C23H30N2O5S. The Bertz CT molecular complexity index is 994. The van der Waals surface area contributed by atoms with Gasteiger partial charge >= 0.3 is 0 Å². The van der Waals surface area contributed by atoms with Crippen LogP contribution in [0.3, 0.4) is 0 Å². The Morgan fingerprint density at radius 2 is 1.84 bits per heavy atom. The van der Waals surface area contributed by atoms with Gasteiger partial charge in [0.15, 0.2) is 0 Å². The number of nitrogens with zero attached hydrogens (tertiary/aromatic N) is 1. The lowest BCUT2D eigenvalue weighted by atomic mass is 9.87. The predicted molar refractivity (Wildman–Crippen MR) is 119 cm³/mol. The first-order chi connectivity index (χ1) is 14.9. The molecule has 1 aliphatic heterocycles. The molecule has 1 N–H and O–H groups in total. The molecule has 7 nitrogen and oxygen atoms in total. The van der Waals surface area contributed by atoms with Crippen LogP contribution in [0.25, 0.3) is 0 Å². The van der Waals surface area contributed by atoms with E-state index in [9.17, 15) is 13.2 Å². The molecule has 0 bridgehead atoms. The van der Waals surface area contributed by atoms with Crippen LogP contribution in [0, 0.1) is 5.92 Å². The van der Waals surface area contributed by atoms with Crippen molar-refractivity contribution in [3.05, 3.63) is 54.1 Å². The lowest BCUT2D eigenvalue weighted by Crippen LogP contribution is -2.36. The number of ether oxygens (including phenoxy) is 2. The number of unbranched alkanes of at least 4 members (excludes halogenated alkanes) is 1. The summed E-state index contributed by atoms with van der Waals surface area (Å²) in [6.07, 6.45) is 1.84. The minimum Gasteiger partial charge on any atom is -0.497 e. The molecule has 1 fully saturated rings. The Kier molecular flexibility index (Phi) is 7.56. The number of amides is 1. The van der Waals surface area contributed by atoms with Crippen molar-refractivity contribution in [2.45, 2.75) is 30.6 Å². The summed E-state index contributed by atoms with van der Waals surface area (Å²) in [5.41, 5.74) is 0.796. The molecule has 1 amide bonds. The van der Waals surface area contributed by atoms with E-state index in [4.69, 9.17) is 9.47 Å². The number of benzene rings is 2. The standard InChI is InChI=1S/C23H30N2O5S/c1-4-5-13-24-23(26)21-16-25(31(27,28)18-9-7-6-8-10-18)15-20(21)19-12-11-17(29-2)14-22(19)30-3/h6-12,14,20-21H,4-5,13,15-16H2,1-3H3,(H,24,26). The first-order valence-electron chi connectivity index (χ1n) is 10.5. The highest BCUT2D eigenvalue weighted by Gasteiger charge is 2.44. The Morgan fingerprint density at radius 1 is 1.10 bits per heavy atom. The van der Waals surface area contributed by atoms with Crippen LogP contribution < -0.4 is 14.8 Å². The van der Waals surface area contributed by atoms with Crippen LogP contribution >= 0.6 is 0 Å². The van der Waals surface area contributed by atoms with Crippen molar-refractivity contribution in [1.29, 1.82) is 0 Å². The molecule has 1 saturated heterocycles. The topological polar surface area (TPSA) is 84.9 Å². The molecule has 31 heavy (non-hydrogen) atoms. The van der Waals surface area contributed by atoms with Gasteiger partial charge in [-0.3, -0.25) is 4.79 Å². The summed E-state index contributed by atoms with van der Waals surface area (Å²) in [5, 5.41) is 2.97. The average molecular weight is 447 g/mol. The number of carbonyl (C=O) groups excluding carboxylic acids is 1. The van der Waals surface area contributed by atoms with Crippen LogP contribution in [-0.2, 0) is 14.8 Å². The molecule has 3 rings (SSSR count). The van der Waals surface area contributed by atoms with E-state index in [2.05, 4.69) is 12.2 Å². The van der Waals surface area contributed by atoms with Crippen LogP contribution in [0.2, 0.25) is 0 Å². The first kappa shape index (κ1) is 23.1. The number of carbonyl (C=O) groups is 1. The number of hydrogen-bond acceptors (Lipinski definition) is 5. The molecule has 2 unspecified atom stereocenters. The summed E-state index contributed by atoms with van der Waals surface area (Å²) in [5.74, 6) is 0.228. The van der Waals surface area contributed by atoms with Gasteiger partial charge in [0, 0.05) is 31.6 Å². The predicted octanol–water partition coefficient (Wildman–Crippen LogP) is 3.02. The van der Waals surface area contributed by atoms with Crippen molar-refractivity contribution in [1.82, 2.24) is 9.62 Å². The van der Waals surface area contributed by atoms with E-state index in [1.165, 1.54) is 4.31 Å². The van der Waals surface area contributed by atoms with E-state index < -0.39 is 15.9 Å². The maximum atomic E-state index is 13.2. The quantitative estimate of drug-likeness (QED) is 0.599. The number of sulfonamides is 1. The van der Waals surface area contributed by atoms with Crippen molar-refractivity contribution in [3.63, 3.8) is 0 Å². The van der Waals surface area contributed by atoms with Gasteiger partial charge in [-0.25, -0.2) is 8.42 Å². The van der Waals surface area contributed by atoms with Gasteiger partial charge in [0.1, 0.15) is 11.5 Å². The SMILES string of the molecule is CCCCNC(=O)C1CN(S(=O)(=O)c2ccccc2)CC1c1ccc(OC)cc1OC. The zero-order valence-electron chi connectivity index (χ0n) is 18.2. The van der Waals surface area contributed by atoms with Crippen molar-refractivity contribution in [3.8, 4) is 11.5 Å². The fraction of sp³-hybridized carbons (Fsp3) is 0.435. The van der Waals surface area contributed by atoms with E-state index in [0.717, 1.165) is 18.4 Å². The first-order valence-corrected chi connectivity index (χ1v) is 11.9. The number of rotatable bonds is 9. The highest BCUT2D eigenvalue weighted by atomic mass is 32.2. The molecule has 8 heteroatoms. The molecule has 2 aromatic rings. The average Bonchev–Trinajstić information content (AvgIpc) is 3.25. The van der Waals surface area contributed by atoms with Gasteiger partial charge in [0.2, 0.25) is 15.9 Å². The van der Waals surface area contributed by atoms with Crippen LogP contribution in [-0.4, -0.2) is 52.5 Å². The summed E-state index contributed by atoms with van der Waals surface area (Å²) < 4.78 is 38.7. The van der Waals surface area contributed by atoms with E-state index >= 15 is 0 Å². The van der Waals surface area contributed by atoms with Gasteiger partial charge in [0.05, 0.1) is 25.0 Å². The van der Waals surface area contributed by atoms with Crippen LogP contribution in [0.5, 0.6) is 11.5 Å². The molecule has 1 aliphatic rings. The Morgan fingerprint density at radius 3 is 2.48 bits per heavy atom. The van der Waals surface area contributed by atoms with E-state index in [1.807, 2.05) is 6.07 Å². The molecule has 2 aromatic carbocycles. The number of methoxy groups -OCH3 is 2. The van der Waals surface area contributed by atoms with Gasteiger partial charge in [-0.2, -0.15) is 4.31 Å².